The van der Waals surface area contributed by atoms with Gasteiger partial charge in [-0.15, -0.1) is 0 Å². The first-order valence-corrected chi connectivity index (χ1v) is 22.0. The number of nitrogens with zero attached hydrogens (tertiary/aromatic N) is 6. The van der Waals surface area contributed by atoms with Gasteiger partial charge in [0.15, 0.2) is 0 Å². The minimum absolute atomic E-state index is 0.730. The average Bonchev–Trinajstić information content (AvgIpc) is 3.82. The second kappa shape index (κ2) is 16.0. The quantitative estimate of drug-likeness (QED) is 0.145. The molecule has 7 nitrogen and oxygen atoms in total. The minimum atomic E-state index is 0.730. The van der Waals surface area contributed by atoms with Crippen molar-refractivity contribution in [3.05, 3.63) is 210 Å². The summed E-state index contributed by atoms with van der Waals surface area (Å²) in [5.74, 6) is 2.28. The number of hydrogen-bond donors (Lipinski definition) is 0. The van der Waals surface area contributed by atoms with E-state index in [1.54, 1.807) is 0 Å². The van der Waals surface area contributed by atoms with Crippen LogP contribution in [0.3, 0.4) is 0 Å². The number of anilines is 1. The summed E-state index contributed by atoms with van der Waals surface area (Å²) in [6, 6.07) is 67.9. The fourth-order valence-electron chi connectivity index (χ4n) is 8.78. The fourth-order valence-corrected chi connectivity index (χ4v) is 9.88. The Morgan fingerprint density at radius 1 is 0.476 bits per heavy atom. The van der Waals surface area contributed by atoms with Gasteiger partial charge in [0.2, 0.25) is 0 Å². The van der Waals surface area contributed by atoms with E-state index in [0.29, 0.717) is 0 Å². The van der Waals surface area contributed by atoms with Gasteiger partial charge in [-0.2, -0.15) is 0 Å². The monoisotopic (exact) mass is 995 g/mol. The predicted molar refractivity (Wildman–Crippen MR) is 253 cm³/mol. The number of rotatable bonds is 9. The molecule has 0 amide bonds. The van der Waals surface area contributed by atoms with Crippen LogP contribution in [-0.4, -0.2) is 37.8 Å². The average molecular weight is 996 g/mol. The summed E-state index contributed by atoms with van der Waals surface area (Å²) >= 11 is 2.49. The van der Waals surface area contributed by atoms with E-state index in [-0.39, 0.29) is 0 Å². The molecule has 0 N–H and O–H groups in total. The van der Waals surface area contributed by atoms with Crippen LogP contribution in [0.15, 0.2) is 207 Å². The van der Waals surface area contributed by atoms with E-state index in [1.807, 2.05) is 36.7 Å². The zero-order valence-electron chi connectivity index (χ0n) is 34.5. The molecular formula is C55H40N6OPt. The van der Waals surface area contributed by atoms with Crippen molar-refractivity contribution in [3.63, 3.8) is 0 Å². The Bertz CT molecular complexity index is 3480. The van der Waals surface area contributed by atoms with Crippen LogP contribution in [-0.2, 0) is 19.4 Å². The van der Waals surface area contributed by atoms with Crippen molar-refractivity contribution in [1.29, 1.82) is 0 Å². The van der Waals surface area contributed by atoms with Gasteiger partial charge in [0.1, 0.15) is 0 Å². The van der Waals surface area contributed by atoms with E-state index in [9.17, 15) is 0 Å². The SMILES string of the molecule is CN(C)c1cc(-n2c3ccccc3c3ccc(Oc4cccc(-n5[c](=[Pt])n(-c6c(-c7ccccc7)cccc6-c6ccccc6)c6ccccc65)c4)cc32)ncc1-c1ccccn1. The Hall–Kier alpha value is -7.60. The molecule has 0 bridgehead atoms. The number of hydrogen-bond acceptors (Lipinski definition) is 4. The Morgan fingerprint density at radius 2 is 1.10 bits per heavy atom. The first kappa shape index (κ1) is 38.3. The molecule has 4 aromatic heterocycles. The van der Waals surface area contributed by atoms with Gasteiger partial charge < -0.3 is 4.90 Å². The number of para-hydroxylation sites is 4. The summed E-state index contributed by atoms with van der Waals surface area (Å²) in [6.45, 7) is 0. The van der Waals surface area contributed by atoms with E-state index < -0.39 is 0 Å². The second-order valence-corrected chi connectivity index (χ2v) is 16.7. The van der Waals surface area contributed by atoms with Crippen molar-refractivity contribution < 1.29 is 24.1 Å². The molecular weight excluding hydrogens is 956 g/mol. The third-order valence-corrected chi connectivity index (χ3v) is 12.6. The third-order valence-electron chi connectivity index (χ3n) is 11.6. The molecule has 11 aromatic rings. The Labute approximate surface area is 375 Å². The van der Waals surface area contributed by atoms with Crippen LogP contribution in [0.4, 0.5) is 5.69 Å². The van der Waals surface area contributed by atoms with Crippen LogP contribution < -0.4 is 9.64 Å². The molecule has 8 heteroatoms. The topological polar surface area (TPSA) is 53.0 Å². The van der Waals surface area contributed by atoms with Gasteiger partial charge in [-0.1, -0.05) is 18.2 Å². The van der Waals surface area contributed by atoms with Gasteiger partial charge in [0.25, 0.3) is 0 Å². The van der Waals surface area contributed by atoms with Crippen LogP contribution in [0.1, 0.15) is 0 Å². The first-order chi connectivity index (χ1) is 31.0. The molecule has 0 aliphatic rings. The number of ether oxygens (including phenoxy) is 1. The van der Waals surface area contributed by atoms with Crippen molar-refractivity contribution in [3.8, 4) is 62.2 Å². The van der Waals surface area contributed by atoms with Gasteiger partial charge in [0, 0.05) is 32.1 Å². The van der Waals surface area contributed by atoms with Crippen molar-refractivity contribution in [1.82, 2.24) is 23.7 Å². The summed E-state index contributed by atoms with van der Waals surface area (Å²) in [5.41, 5.74) is 13.9. The molecule has 11 rings (SSSR count). The summed E-state index contributed by atoms with van der Waals surface area (Å²) < 4.78 is 14.8. The first-order valence-electron chi connectivity index (χ1n) is 20.8. The number of aromatic nitrogens is 5. The molecule has 0 fully saturated rings. The van der Waals surface area contributed by atoms with Gasteiger partial charge in [-0.3, -0.25) is 4.98 Å². The maximum atomic E-state index is 6.80. The summed E-state index contributed by atoms with van der Waals surface area (Å²) in [6.07, 6.45) is 3.75. The molecule has 0 aliphatic heterocycles. The number of pyridine rings is 2. The predicted octanol–water partition coefficient (Wildman–Crippen LogP) is 13.2. The maximum absolute atomic E-state index is 6.80. The Morgan fingerprint density at radius 3 is 1.79 bits per heavy atom. The van der Waals surface area contributed by atoms with E-state index in [0.717, 1.165) is 105 Å². The smallest absolute Gasteiger partial charge is 0.256 e. The van der Waals surface area contributed by atoms with Crippen molar-refractivity contribution in [2.75, 3.05) is 19.0 Å². The Balaban J connectivity index is 1.03. The summed E-state index contributed by atoms with van der Waals surface area (Å²) in [5, 5.41) is 2.27. The third kappa shape index (κ3) is 6.78. The number of benzene rings is 7. The molecule has 0 spiro atoms. The molecule has 4 heterocycles. The van der Waals surface area contributed by atoms with Crippen molar-refractivity contribution in [2.45, 2.75) is 0 Å². The fraction of sp³-hybridized carbons (Fsp3) is 0.0364. The van der Waals surface area contributed by atoms with Crippen LogP contribution >= 0.6 is 0 Å². The van der Waals surface area contributed by atoms with E-state index >= 15 is 0 Å². The zero-order chi connectivity index (χ0) is 42.4. The van der Waals surface area contributed by atoms with E-state index in [1.165, 1.54) is 0 Å². The van der Waals surface area contributed by atoms with Gasteiger partial charge in [-0.05, 0) is 12.1 Å². The molecule has 0 saturated heterocycles. The summed E-state index contributed by atoms with van der Waals surface area (Å²) in [7, 11) is 4.11. The molecule has 0 atom stereocenters. The van der Waals surface area contributed by atoms with Crippen LogP contribution in [0, 0.1) is 3.80 Å². The Kier molecular flexibility index (Phi) is 9.75. The number of imidazole rings is 1. The molecule has 0 saturated carbocycles. The van der Waals surface area contributed by atoms with Gasteiger partial charge in [-0.25, -0.2) is 0 Å². The zero-order valence-corrected chi connectivity index (χ0v) is 36.8. The minimum Gasteiger partial charge on any atom is -0.256 e. The summed E-state index contributed by atoms with van der Waals surface area (Å²) in [4.78, 5) is 11.8. The molecule has 306 valence electrons. The molecule has 0 unspecified atom stereocenters. The van der Waals surface area contributed by atoms with Crippen molar-refractivity contribution >= 4 is 38.5 Å². The number of fused-ring (bicyclic) bond motifs is 4. The van der Waals surface area contributed by atoms with E-state index in [4.69, 9.17) is 9.72 Å². The van der Waals surface area contributed by atoms with Gasteiger partial charge >= 0.3 is 294 Å². The van der Waals surface area contributed by atoms with Gasteiger partial charge in [0.05, 0.1) is 11.4 Å². The normalized spacial score (nSPS) is 11.4. The van der Waals surface area contributed by atoms with Crippen LogP contribution in [0.2, 0.25) is 0 Å². The molecule has 0 aliphatic carbocycles. The van der Waals surface area contributed by atoms with Crippen LogP contribution in [0.25, 0.3) is 83.5 Å². The molecule has 0 radical (unpaired) electrons. The van der Waals surface area contributed by atoms with E-state index in [2.05, 4.69) is 227 Å². The molecule has 63 heavy (non-hydrogen) atoms. The van der Waals surface area contributed by atoms with Crippen molar-refractivity contribution in [2.24, 2.45) is 0 Å². The second-order valence-electron chi connectivity index (χ2n) is 15.6. The van der Waals surface area contributed by atoms with Crippen LogP contribution in [0.5, 0.6) is 11.5 Å². The molecule has 7 aromatic carbocycles. The standard InChI is InChI=1S/C55H40N6O.Pt/c1-58(2)52-35-54(57-36-47(52)48-26-13-14-32-56-48)61-49-27-10-9-23-45(49)46-31-30-42(34-53(46)61)62-41-22-15-21-40(33-41)59-37-60(51-29-12-11-28-50(51)59)55-43(38-17-5-3-6-18-38)24-16-25-44(55)39-19-7-4-8-20-39;/h3-36H,1-2H3;.